The van der Waals surface area contributed by atoms with Crippen molar-refractivity contribution in [3.8, 4) is 0 Å². The van der Waals surface area contributed by atoms with Crippen LogP contribution in [0.2, 0.25) is 5.02 Å². The number of benzene rings is 1. The fraction of sp³-hybridized carbons (Fsp3) is 0.0833. The monoisotopic (exact) mass is 307 g/mol. The summed E-state index contributed by atoms with van der Waals surface area (Å²) in [7, 11) is 0. The average Bonchev–Trinajstić information content (AvgIpc) is 2.84. The zero-order valence-electron chi connectivity index (χ0n) is 10.6. The predicted octanol–water partition coefficient (Wildman–Crippen LogP) is 0.216. The highest BCUT2D eigenvalue weighted by Crippen LogP contribution is 2.19. The van der Waals surface area contributed by atoms with Gasteiger partial charge in [0.05, 0.1) is 6.54 Å². The maximum atomic E-state index is 11.6. The summed E-state index contributed by atoms with van der Waals surface area (Å²) in [6.45, 7) is 0.162. The number of nitrogens with two attached hydrogens (primary N) is 1. The Balaban J connectivity index is 2.40. The van der Waals surface area contributed by atoms with Crippen molar-refractivity contribution in [2.75, 3.05) is 5.32 Å². The molecule has 8 nitrogen and oxygen atoms in total. The molecule has 0 saturated heterocycles. The summed E-state index contributed by atoms with van der Waals surface area (Å²) < 4.78 is 1.24. The van der Waals surface area contributed by atoms with E-state index in [4.69, 9.17) is 17.3 Å². The second-order valence-corrected chi connectivity index (χ2v) is 4.40. The summed E-state index contributed by atoms with van der Waals surface area (Å²) in [6.07, 6.45) is 0.347. The van der Waals surface area contributed by atoms with E-state index in [1.54, 1.807) is 24.3 Å². The summed E-state index contributed by atoms with van der Waals surface area (Å²) >= 11 is 6.03. The number of ketones is 1. The lowest BCUT2D eigenvalue weighted by Crippen LogP contribution is -2.24. The number of nitrogens with zero attached hydrogens (tertiary/aromatic N) is 3. The topological polar surface area (TPSA) is 120 Å². The molecule has 0 aliphatic carbocycles. The van der Waals surface area contributed by atoms with Crippen molar-refractivity contribution in [3.63, 3.8) is 0 Å². The van der Waals surface area contributed by atoms with Gasteiger partial charge in [0.15, 0.2) is 11.5 Å². The van der Waals surface area contributed by atoms with E-state index >= 15 is 0 Å². The quantitative estimate of drug-likeness (QED) is 0.449. The van der Waals surface area contributed by atoms with E-state index in [1.165, 1.54) is 4.68 Å². The Labute approximate surface area is 123 Å². The first-order valence-corrected chi connectivity index (χ1v) is 6.13. The number of carbonyl (C=O) groups excluding carboxylic acids is 3. The summed E-state index contributed by atoms with van der Waals surface area (Å²) in [6, 6.07) is 6.99. The molecule has 0 radical (unpaired) electrons. The number of nitrogens with one attached hydrogen (secondary N) is 1. The molecule has 1 aromatic carbocycles. The zero-order valence-corrected chi connectivity index (χ0v) is 11.4. The van der Waals surface area contributed by atoms with Crippen LogP contribution >= 0.6 is 11.6 Å². The molecular weight excluding hydrogens is 298 g/mol. The second kappa shape index (κ2) is 6.14. The summed E-state index contributed by atoms with van der Waals surface area (Å²) in [5, 5.41) is 10.1. The number of aromatic nitrogens is 3. The minimum absolute atomic E-state index is 0.0197. The van der Waals surface area contributed by atoms with Gasteiger partial charge in [0, 0.05) is 5.02 Å². The molecule has 108 valence electrons. The van der Waals surface area contributed by atoms with Crippen LogP contribution in [0.5, 0.6) is 0 Å². The van der Waals surface area contributed by atoms with Gasteiger partial charge in [0.1, 0.15) is 0 Å². The van der Waals surface area contributed by atoms with Gasteiger partial charge in [0.2, 0.25) is 6.41 Å². The van der Waals surface area contributed by atoms with Crippen LogP contribution < -0.4 is 11.1 Å². The molecule has 21 heavy (non-hydrogen) atoms. The Morgan fingerprint density at radius 3 is 2.71 bits per heavy atom. The van der Waals surface area contributed by atoms with Gasteiger partial charge in [-0.2, -0.15) is 0 Å². The van der Waals surface area contributed by atoms with Gasteiger partial charge in [-0.25, -0.2) is 4.68 Å². The van der Waals surface area contributed by atoms with E-state index in [0.717, 1.165) is 0 Å². The third kappa shape index (κ3) is 3.06. The molecule has 0 fully saturated rings. The lowest BCUT2D eigenvalue weighted by molar-refractivity contribution is -0.114. The first-order valence-electron chi connectivity index (χ1n) is 5.75. The van der Waals surface area contributed by atoms with Crippen molar-refractivity contribution in [3.05, 3.63) is 40.5 Å². The standard InChI is InChI=1S/C12H10ClN5O3/c13-8-4-2-1-3-7(8)5-18-12(15-6-19)9(16-17-18)10(20)11(14)21/h1-4,6H,5H2,(H2,14,21)(H,15,19). The molecule has 1 aromatic heterocycles. The maximum absolute atomic E-state index is 11.6. The Hall–Kier alpha value is -2.74. The number of Topliss-reactive ketones (excluding diaryl/α,β-unsaturated/α-hetero) is 1. The molecule has 0 saturated carbocycles. The van der Waals surface area contributed by atoms with Crippen LogP contribution in [0, 0.1) is 0 Å². The molecule has 0 spiro atoms. The number of carbonyl (C=O) groups is 3. The number of rotatable bonds is 6. The molecule has 2 aromatic rings. The normalized spacial score (nSPS) is 10.1. The predicted molar refractivity (Wildman–Crippen MR) is 73.8 cm³/mol. The Kier molecular flexibility index (Phi) is 4.29. The van der Waals surface area contributed by atoms with E-state index in [1.807, 2.05) is 0 Å². The SMILES string of the molecule is NC(=O)C(=O)c1nnn(Cc2ccccc2Cl)c1NC=O. The number of anilines is 1. The van der Waals surface area contributed by atoms with Crippen molar-refractivity contribution in [1.82, 2.24) is 15.0 Å². The highest BCUT2D eigenvalue weighted by molar-refractivity contribution is 6.42. The maximum Gasteiger partial charge on any atom is 0.291 e. The van der Waals surface area contributed by atoms with Crippen molar-refractivity contribution >= 4 is 35.5 Å². The minimum Gasteiger partial charge on any atom is -0.363 e. The minimum atomic E-state index is -1.19. The fourth-order valence-electron chi connectivity index (χ4n) is 1.68. The van der Waals surface area contributed by atoms with Crippen LogP contribution in [0.3, 0.4) is 0 Å². The largest absolute Gasteiger partial charge is 0.363 e. The second-order valence-electron chi connectivity index (χ2n) is 3.99. The Bertz CT molecular complexity index is 713. The molecule has 0 atom stereocenters. The molecule has 3 N–H and O–H groups in total. The summed E-state index contributed by atoms with van der Waals surface area (Å²) in [4.78, 5) is 33.2. The third-order valence-electron chi connectivity index (χ3n) is 2.65. The lowest BCUT2D eigenvalue weighted by Gasteiger charge is -2.07. The van der Waals surface area contributed by atoms with Crippen LogP contribution in [0.25, 0.3) is 0 Å². The highest BCUT2D eigenvalue weighted by Gasteiger charge is 2.23. The summed E-state index contributed by atoms with van der Waals surface area (Å²) in [5.74, 6) is -2.24. The smallest absolute Gasteiger partial charge is 0.291 e. The third-order valence-corrected chi connectivity index (χ3v) is 3.02. The number of halogens is 1. The van der Waals surface area contributed by atoms with Gasteiger partial charge in [-0.05, 0) is 11.6 Å². The van der Waals surface area contributed by atoms with Crippen LogP contribution in [-0.2, 0) is 16.1 Å². The van der Waals surface area contributed by atoms with Crippen LogP contribution in [-0.4, -0.2) is 33.1 Å². The van der Waals surface area contributed by atoms with Crippen LogP contribution in [0.4, 0.5) is 5.82 Å². The van der Waals surface area contributed by atoms with Crippen molar-refractivity contribution < 1.29 is 14.4 Å². The van der Waals surface area contributed by atoms with Crippen molar-refractivity contribution in [1.29, 1.82) is 0 Å². The lowest BCUT2D eigenvalue weighted by atomic mass is 10.2. The van der Waals surface area contributed by atoms with E-state index in [0.29, 0.717) is 17.0 Å². The molecule has 2 amide bonds. The van der Waals surface area contributed by atoms with Crippen molar-refractivity contribution in [2.45, 2.75) is 6.54 Å². The van der Waals surface area contributed by atoms with E-state index in [-0.39, 0.29) is 18.1 Å². The molecule has 2 rings (SSSR count). The Morgan fingerprint density at radius 1 is 1.38 bits per heavy atom. The molecule has 0 unspecified atom stereocenters. The van der Waals surface area contributed by atoms with Gasteiger partial charge in [-0.3, -0.25) is 14.4 Å². The molecular formula is C12H10ClN5O3. The number of amides is 2. The Morgan fingerprint density at radius 2 is 2.10 bits per heavy atom. The first kappa shape index (κ1) is 14.7. The van der Waals surface area contributed by atoms with Gasteiger partial charge < -0.3 is 11.1 Å². The molecule has 0 aliphatic heterocycles. The summed E-state index contributed by atoms with van der Waals surface area (Å²) in [5.41, 5.74) is 5.30. The highest BCUT2D eigenvalue weighted by atomic mass is 35.5. The molecule has 9 heteroatoms. The van der Waals surface area contributed by atoms with Crippen LogP contribution in [0.15, 0.2) is 24.3 Å². The van der Waals surface area contributed by atoms with Gasteiger partial charge in [-0.15, -0.1) is 5.10 Å². The van der Waals surface area contributed by atoms with Gasteiger partial charge in [0.25, 0.3) is 11.7 Å². The zero-order chi connectivity index (χ0) is 15.4. The average molecular weight is 308 g/mol. The number of hydrogen-bond donors (Lipinski definition) is 2. The fourth-order valence-corrected chi connectivity index (χ4v) is 1.88. The van der Waals surface area contributed by atoms with E-state index in [9.17, 15) is 14.4 Å². The van der Waals surface area contributed by atoms with Crippen molar-refractivity contribution in [2.24, 2.45) is 5.73 Å². The molecule has 0 bridgehead atoms. The molecule has 0 aliphatic rings. The number of hydrogen-bond acceptors (Lipinski definition) is 5. The van der Waals surface area contributed by atoms with Crippen LogP contribution in [0.1, 0.15) is 16.1 Å². The molecule has 1 heterocycles. The van der Waals surface area contributed by atoms with E-state index in [2.05, 4.69) is 15.6 Å². The van der Waals surface area contributed by atoms with Gasteiger partial charge in [-0.1, -0.05) is 35.0 Å². The first-order chi connectivity index (χ1) is 10.0. The van der Waals surface area contributed by atoms with E-state index < -0.39 is 11.7 Å². The van der Waals surface area contributed by atoms with Gasteiger partial charge >= 0.3 is 0 Å². The number of primary amides is 1.